The van der Waals surface area contributed by atoms with Gasteiger partial charge in [-0.1, -0.05) is 18.2 Å². The first kappa shape index (κ1) is 10.6. The maximum Gasteiger partial charge on any atom is 0.130 e. The smallest absolute Gasteiger partial charge is 0.130 e. The molecule has 2 nitrogen and oxygen atoms in total. The van der Waals surface area contributed by atoms with Gasteiger partial charge in [0.1, 0.15) is 5.92 Å². The molecule has 14 heavy (non-hydrogen) atoms. The van der Waals surface area contributed by atoms with Gasteiger partial charge in [0.25, 0.3) is 0 Å². The zero-order chi connectivity index (χ0) is 10.4. The van der Waals surface area contributed by atoms with Crippen molar-refractivity contribution in [1.29, 1.82) is 10.5 Å². The Bertz CT molecular complexity index is 350. The summed E-state index contributed by atoms with van der Waals surface area (Å²) in [7, 11) is 0. The highest BCUT2D eigenvalue weighted by Crippen LogP contribution is 2.36. The normalized spacial score (nSPS) is 11.1. The second-order valence-corrected chi connectivity index (χ2v) is 3.89. The molecule has 0 aliphatic carbocycles. The van der Waals surface area contributed by atoms with E-state index in [1.165, 1.54) is 16.2 Å². The first-order chi connectivity index (χ1) is 6.77. The summed E-state index contributed by atoms with van der Waals surface area (Å²) in [5, 5.41) is 15.7. The third-order valence-electron chi connectivity index (χ3n) is 1.74. The summed E-state index contributed by atoms with van der Waals surface area (Å²) in [6.07, 6.45) is 0. The number of rotatable bonds is 0. The lowest BCUT2D eigenvalue weighted by Gasteiger charge is -2.15. The summed E-state index contributed by atoms with van der Waals surface area (Å²) in [5.74, 6) is 0.765. The van der Waals surface area contributed by atoms with Crippen molar-refractivity contribution in [3.05, 3.63) is 29.8 Å². The summed E-state index contributed by atoms with van der Waals surface area (Å²) in [6, 6.07) is 12.0. The molecule has 0 unspecified atom stereocenters. The van der Waals surface area contributed by atoms with E-state index in [0.29, 0.717) is 0 Å². The van der Waals surface area contributed by atoms with Crippen LogP contribution in [0, 0.1) is 28.6 Å². The molecule has 2 rings (SSSR count). The largest absolute Gasteiger partial charge is 0.197 e. The molecular formula is C11H10N2S. The molecule has 0 radical (unpaired) electrons. The van der Waals surface area contributed by atoms with Crippen LogP contribution >= 0.6 is 11.8 Å². The zero-order valence-corrected chi connectivity index (χ0v) is 8.71. The highest BCUT2D eigenvalue weighted by Gasteiger charge is 2.10. The Morgan fingerprint density at radius 2 is 1.93 bits per heavy atom. The van der Waals surface area contributed by atoms with Crippen molar-refractivity contribution < 1.29 is 0 Å². The van der Waals surface area contributed by atoms with Crippen molar-refractivity contribution in [2.24, 2.45) is 5.92 Å². The van der Waals surface area contributed by atoms with Crippen molar-refractivity contribution in [3.8, 4) is 12.1 Å². The second kappa shape index (κ2) is 5.32. The molecule has 0 amide bonds. The van der Waals surface area contributed by atoms with E-state index in [-0.39, 0.29) is 0 Å². The molecule has 1 aromatic rings. The van der Waals surface area contributed by atoms with Gasteiger partial charge in [-0.25, -0.2) is 0 Å². The van der Waals surface area contributed by atoms with Crippen molar-refractivity contribution in [1.82, 2.24) is 0 Å². The van der Waals surface area contributed by atoms with Gasteiger partial charge in [0.05, 0.1) is 12.1 Å². The number of hydrogen-bond donors (Lipinski definition) is 0. The Balaban J connectivity index is 0.000000149. The van der Waals surface area contributed by atoms with Gasteiger partial charge in [-0.3, -0.25) is 0 Å². The van der Waals surface area contributed by atoms with Crippen LogP contribution in [-0.4, -0.2) is 0 Å². The summed E-state index contributed by atoms with van der Waals surface area (Å²) < 4.78 is 0. The molecular weight excluding hydrogens is 192 g/mol. The molecule has 0 saturated heterocycles. The van der Waals surface area contributed by atoms with Crippen molar-refractivity contribution in [3.63, 3.8) is 0 Å². The van der Waals surface area contributed by atoms with E-state index in [1.54, 1.807) is 19.1 Å². The molecule has 70 valence electrons. The minimum absolute atomic E-state index is 0.454. The van der Waals surface area contributed by atoms with Gasteiger partial charge in [-0.2, -0.15) is 10.5 Å². The van der Waals surface area contributed by atoms with Gasteiger partial charge < -0.3 is 0 Å². The van der Waals surface area contributed by atoms with E-state index < -0.39 is 5.92 Å². The summed E-state index contributed by atoms with van der Waals surface area (Å²) in [6.45, 7) is 1.56. The lowest BCUT2D eigenvalue weighted by Crippen LogP contribution is -1.93. The molecule has 1 heterocycles. The fraction of sp³-hybridized carbons (Fsp3) is 0.273. The molecule has 0 fully saturated rings. The fourth-order valence-corrected chi connectivity index (χ4v) is 1.68. The first-order valence-electron chi connectivity index (χ1n) is 4.28. The third kappa shape index (κ3) is 2.80. The van der Waals surface area contributed by atoms with Crippen LogP contribution in [-0.2, 0) is 5.75 Å². The monoisotopic (exact) mass is 202 g/mol. The average Bonchev–Trinajstić information content (AvgIpc) is 2.20. The Labute approximate surface area is 88.2 Å². The maximum atomic E-state index is 7.86. The van der Waals surface area contributed by atoms with E-state index in [9.17, 15) is 0 Å². The quantitative estimate of drug-likeness (QED) is 0.649. The van der Waals surface area contributed by atoms with Gasteiger partial charge in [-0.05, 0) is 18.6 Å². The lowest BCUT2D eigenvalue weighted by atomic mass is 10.2. The Morgan fingerprint density at radius 1 is 1.29 bits per heavy atom. The Morgan fingerprint density at radius 3 is 2.14 bits per heavy atom. The van der Waals surface area contributed by atoms with E-state index >= 15 is 0 Å². The first-order valence-corrected chi connectivity index (χ1v) is 5.26. The van der Waals surface area contributed by atoms with E-state index in [4.69, 9.17) is 10.5 Å². The second-order valence-electron chi connectivity index (χ2n) is 2.88. The highest BCUT2D eigenvalue weighted by molar-refractivity contribution is 7.99. The summed E-state index contributed by atoms with van der Waals surface area (Å²) >= 11 is 1.93. The molecule has 1 aliphatic heterocycles. The SMILES string of the molecule is CC(C#N)C#N.c1ccc2c(c1)CS2. The minimum Gasteiger partial charge on any atom is -0.197 e. The third-order valence-corrected chi connectivity index (χ3v) is 2.91. The molecule has 3 heteroatoms. The van der Waals surface area contributed by atoms with Gasteiger partial charge in [0.15, 0.2) is 0 Å². The van der Waals surface area contributed by atoms with Gasteiger partial charge in [-0.15, -0.1) is 11.8 Å². The van der Waals surface area contributed by atoms with Crippen LogP contribution in [0.25, 0.3) is 0 Å². The molecule has 1 aliphatic rings. The van der Waals surface area contributed by atoms with E-state index in [2.05, 4.69) is 24.3 Å². The van der Waals surface area contributed by atoms with Crippen LogP contribution < -0.4 is 0 Å². The number of thioether (sulfide) groups is 1. The fourth-order valence-electron chi connectivity index (χ4n) is 0.868. The molecule has 0 spiro atoms. The number of benzene rings is 1. The van der Waals surface area contributed by atoms with Crippen molar-refractivity contribution in [2.75, 3.05) is 0 Å². The van der Waals surface area contributed by atoms with Gasteiger partial charge in [0, 0.05) is 10.6 Å². The van der Waals surface area contributed by atoms with Gasteiger partial charge >= 0.3 is 0 Å². The van der Waals surface area contributed by atoms with Crippen LogP contribution in [0.3, 0.4) is 0 Å². The number of fused-ring (bicyclic) bond motifs is 1. The highest BCUT2D eigenvalue weighted by atomic mass is 32.2. The molecule has 0 bridgehead atoms. The average molecular weight is 202 g/mol. The molecule has 0 atom stereocenters. The van der Waals surface area contributed by atoms with Gasteiger partial charge in [0.2, 0.25) is 0 Å². The topological polar surface area (TPSA) is 47.6 Å². The molecule has 0 aromatic heterocycles. The Hall–Kier alpha value is -1.45. The lowest BCUT2D eigenvalue weighted by molar-refractivity contribution is 0.972. The summed E-state index contributed by atoms with van der Waals surface area (Å²) in [5.41, 5.74) is 1.51. The maximum absolute atomic E-state index is 7.86. The predicted molar refractivity (Wildman–Crippen MR) is 56.4 cm³/mol. The van der Waals surface area contributed by atoms with Crippen molar-refractivity contribution in [2.45, 2.75) is 17.6 Å². The van der Waals surface area contributed by atoms with Crippen LogP contribution in [0.15, 0.2) is 29.2 Å². The zero-order valence-electron chi connectivity index (χ0n) is 7.90. The molecule has 1 aromatic carbocycles. The summed E-state index contributed by atoms with van der Waals surface area (Å²) in [4.78, 5) is 1.47. The van der Waals surface area contributed by atoms with E-state index in [1.807, 2.05) is 11.8 Å². The molecule has 0 N–H and O–H groups in total. The van der Waals surface area contributed by atoms with Crippen LogP contribution in [0.2, 0.25) is 0 Å². The number of hydrogen-bond acceptors (Lipinski definition) is 3. The minimum atomic E-state index is -0.454. The molecule has 0 saturated carbocycles. The van der Waals surface area contributed by atoms with Crippen LogP contribution in [0.4, 0.5) is 0 Å². The standard InChI is InChI=1S/C7H6S.C4H4N2/c1-2-4-7-6(3-1)5-8-7;1-4(2-5)3-6/h1-4H,5H2;4H,1H3. The number of nitrogens with zero attached hydrogens (tertiary/aromatic N) is 2. The predicted octanol–water partition coefficient (Wildman–Crippen LogP) is 2.96. The van der Waals surface area contributed by atoms with Crippen LogP contribution in [0.5, 0.6) is 0 Å². The van der Waals surface area contributed by atoms with Crippen LogP contribution in [0.1, 0.15) is 12.5 Å². The Kier molecular flexibility index (Phi) is 4.04. The van der Waals surface area contributed by atoms with E-state index in [0.717, 1.165) is 0 Å². The van der Waals surface area contributed by atoms with Crippen molar-refractivity contribution >= 4 is 11.8 Å². The number of nitriles is 2.